The molecule has 0 heterocycles. The highest BCUT2D eigenvalue weighted by Crippen LogP contribution is 2.18. The zero-order valence-corrected chi connectivity index (χ0v) is 8.68. The SMILES string of the molecule is COC(CN(C)N=O)c1cccc(F)c1. The molecular formula is C10H13FN2O2. The van der Waals surface area contributed by atoms with Gasteiger partial charge in [-0.1, -0.05) is 12.1 Å². The van der Waals surface area contributed by atoms with E-state index in [-0.39, 0.29) is 11.9 Å². The molecule has 0 saturated heterocycles. The number of hydrogen-bond donors (Lipinski definition) is 0. The van der Waals surface area contributed by atoms with Crippen LogP contribution in [0.1, 0.15) is 11.7 Å². The van der Waals surface area contributed by atoms with E-state index in [1.807, 2.05) is 0 Å². The Hall–Kier alpha value is -1.49. The summed E-state index contributed by atoms with van der Waals surface area (Å²) in [5, 5.41) is 3.94. The first-order chi connectivity index (χ1) is 7.17. The summed E-state index contributed by atoms with van der Waals surface area (Å²) in [4.78, 5) is 10.2. The minimum Gasteiger partial charge on any atom is -0.375 e. The quantitative estimate of drug-likeness (QED) is 0.554. The normalized spacial score (nSPS) is 12.2. The van der Waals surface area contributed by atoms with Crippen molar-refractivity contribution in [2.24, 2.45) is 5.29 Å². The van der Waals surface area contributed by atoms with Gasteiger partial charge in [-0.15, -0.1) is 4.91 Å². The van der Waals surface area contributed by atoms with Crippen LogP contribution in [0.2, 0.25) is 0 Å². The summed E-state index contributed by atoms with van der Waals surface area (Å²) < 4.78 is 18.1. The Morgan fingerprint density at radius 2 is 2.33 bits per heavy atom. The number of halogens is 1. The summed E-state index contributed by atoms with van der Waals surface area (Å²) in [7, 11) is 3.05. The van der Waals surface area contributed by atoms with Crippen molar-refractivity contribution in [3.63, 3.8) is 0 Å². The Morgan fingerprint density at radius 1 is 1.60 bits per heavy atom. The molecule has 1 aromatic rings. The van der Waals surface area contributed by atoms with E-state index < -0.39 is 0 Å². The van der Waals surface area contributed by atoms with E-state index in [0.29, 0.717) is 12.1 Å². The molecule has 1 aromatic carbocycles. The zero-order chi connectivity index (χ0) is 11.3. The lowest BCUT2D eigenvalue weighted by Gasteiger charge is -2.18. The Labute approximate surface area is 87.6 Å². The smallest absolute Gasteiger partial charge is 0.123 e. The molecule has 0 aliphatic rings. The second-order valence-electron chi connectivity index (χ2n) is 3.20. The lowest BCUT2D eigenvalue weighted by molar-refractivity contribution is 0.0718. The highest BCUT2D eigenvalue weighted by molar-refractivity contribution is 5.19. The number of ether oxygens (including phenoxy) is 1. The van der Waals surface area contributed by atoms with Crippen LogP contribution in [0.25, 0.3) is 0 Å². The van der Waals surface area contributed by atoms with Crippen LogP contribution in [-0.2, 0) is 4.74 Å². The maximum atomic E-state index is 12.9. The lowest BCUT2D eigenvalue weighted by atomic mass is 10.1. The standard InChI is InChI=1S/C10H13FN2O2/c1-13(12-14)7-10(15-2)8-4-3-5-9(11)6-8/h3-6,10H,7H2,1-2H3. The Balaban J connectivity index is 2.78. The van der Waals surface area contributed by atoms with Crippen LogP contribution in [0.3, 0.4) is 0 Å². The summed E-state index contributed by atoms with van der Waals surface area (Å²) in [6.07, 6.45) is -0.358. The average molecular weight is 212 g/mol. The van der Waals surface area contributed by atoms with Gasteiger partial charge in [0.25, 0.3) is 0 Å². The van der Waals surface area contributed by atoms with Gasteiger partial charge in [-0.05, 0) is 17.7 Å². The van der Waals surface area contributed by atoms with Crippen molar-refractivity contribution < 1.29 is 9.13 Å². The van der Waals surface area contributed by atoms with E-state index in [9.17, 15) is 9.30 Å². The summed E-state index contributed by atoms with van der Waals surface area (Å²) in [5.74, 6) is -0.323. The molecule has 0 aliphatic heterocycles. The molecule has 5 heteroatoms. The largest absolute Gasteiger partial charge is 0.375 e. The summed E-state index contributed by atoms with van der Waals surface area (Å²) in [6.45, 7) is 0.295. The molecule has 0 aliphatic carbocycles. The van der Waals surface area contributed by atoms with Gasteiger partial charge in [-0.25, -0.2) is 4.39 Å². The molecule has 1 rings (SSSR count). The minimum absolute atomic E-state index is 0.295. The van der Waals surface area contributed by atoms with E-state index in [4.69, 9.17) is 4.74 Å². The van der Waals surface area contributed by atoms with Gasteiger partial charge in [-0.2, -0.15) is 0 Å². The molecular weight excluding hydrogens is 199 g/mol. The molecule has 82 valence electrons. The molecule has 0 fully saturated rings. The molecule has 0 amide bonds. The Morgan fingerprint density at radius 3 is 2.87 bits per heavy atom. The fourth-order valence-corrected chi connectivity index (χ4v) is 1.30. The van der Waals surface area contributed by atoms with Crippen molar-refractivity contribution in [3.8, 4) is 0 Å². The maximum Gasteiger partial charge on any atom is 0.123 e. The van der Waals surface area contributed by atoms with Crippen LogP contribution in [0.15, 0.2) is 29.6 Å². The van der Waals surface area contributed by atoms with Gasteiger partial charge in [-0.3, -0.25) is 5.01 Å². The van der Waals surface area contributed by atoms with Gasteiger partial charge < -0.3 is 4.74 Å². The van der Waals surface area contributed by atoms with E-state index in [1.54, 1.807) is 12.1 Å². The van der Waals surface area contributed by atoms with Crippen LogP contribution in [0, 0.1) is 10.7 Å². The van der Waals surface area contributed by atoms with Crippen molar-refractivity contribution in [1.29, 1.82) is 0 Å². The van der Waals surface area contributed by atoms with E-state index in [0.717, 1.165) is 0 Å². The number of nitrogens with zero attached hydrogens (tertiary/aromatic N) is 2. The second kappa shape index (κ2) is 5.41. The summed E-state index contributed by atoms with van der Waals surface area (Å²) >= 11 is 0. The molecule has 0 radical (unpaired) electrons. The number of likely N-dealkylation sites (N-methyl/N-ethyl adjacent to an activating group) is 1. The molecule has 0 saturated carbocycles. The summed E-state index contributed by atoms with van der Waals surface area (Å²) in [5.41, 5.74) is 0.688. The summed E-state index contributed by atoms with van der Waals surface area (Å²) in [6, 6.07) is 6.09. The van der Waals surface area contributed by atoms with Crippen molar-refractivity contribution in [2.45, 2.75) is 6.10 Å². The third-order valence-corrected chi connectivity index (χ3v) is 2.07. The zero-order valence-electron chi connectivity index (χ0n) is 8.68. The van der Waals surface area contributed by atoms with Crippen LogP contribution in [-0.4, -0.2) is 25.7 Å². The highest BCUT2D eigenvalue weighted by Gasteiger charge is 2.13. The minimum atomic E-state index is -0.358. The van der Waals surface area contributed by atoms with Crippen LogP contribution in [0.4, 0.5) is 4.39 Å². The van der Waals surface area contributed by atoms with Gasteiger partial charge in [0.15, 0.2) is 0 Å². The van der Waals surface area contributed by atoms with Gasteiger partial charge in [0.2, 0.25) is 0 Å². The molecule has 4 nitrogen and oxygen atoms in total. The third kappa shape index (κ3) is 3.28. The van der Waals surface area contributed by atoms with Crippen molar-refractivity contribution in [3.05, 3.63) is 40.6 Å². The highest BCUT2D eigenvalue weighted by atomic mass is 19.1. The van der Waals surface area contributed by atoms with Gasteiger partial charge >= 0.3 is 0 Å². The molecule has 0 N–H and O–H groups in total. The number of benzene rings is 1. The fraction of sp³-hybridized carbons (Fsp3) is 0.400. The Bertz CT molecular complexity index is 333. The molecule has 1 unspecified atom stereocenters. The number of rotatable bonds is 5. The molecule has 0 aromatic heterocycles. The molecule has 15 heavy (non-hydrogen) atoms. The topological polar surface area (TPSA) is 41.9 Å². The number of methoxy groups -OCH3 is 1. The monoisotopic (exact) mass is 212 g/mol. The van der Waals surface area contributed by atoms with E-state index in [2.05, 4.69) is 5.29 Å². The predicted octanol–water partition coefficient (Wildman–Crippen LogP) is 2.13. The first-order valence-corrected chi connectivity index (χ1v) is 4.50. The third-order valence-electron chi connectivity index (χ3n) is 2.07. The number of nitroso groups, excluding NO2 is 1. The van der Waals surface area contributed by atoms with Crippen molar-refractivity contribution in [2.75, 3.05) is 20.7 Å². The molecule has 0 spiro atoms. The van der Waals surface area contributed by atoms with Crippen LogP contribution in [0.5, 0.6) is 0 Å². The van der Waals surface area contributed by atoms with Crippen molar-refractivity contribution in [1.82, 2.24) is 5.01 Å². The maximum absolute atomic E-state index is 12.9. The van der Waals surface area contributed by atoms with Gasteiger partial charge in [0, 0.05) is 14.2 Å². The first kappa shape index (κ1) is 11.6. The Kier molecular flexibility index (Phi) is 4.17. The predicted molar refractivity (Wildman–Crippen MR) is 54.6 cm³/mol. The van der Waals surface area contributed by atoms with Crippen LogP contribution < -0.4 is 0 Å². The first-order valence-electron chi connectivity index (χ1n) is 4.50. The van der Waals surface area contributed by atoms with E-state index >= 15 is 0 Å². The van der Waals surface area contributed by atoms with Crippen molar-refractivity contribution >= 4 is 0 Å². The molecule has 0 bridgehead atoms. The second-order valence-corrected chi connectivity index (χ2v) is 3.20. The lowest BCUT2D eigenvalue weighted by Crippen LogP contribution is -2.20. The van der Waals surface area contributed by atoms with Gasteiger partial charge in [0.05, 0.1) is 11.8 Å². The van der Waals surface area contributed by atoms with Crippen LogP contribution >= 0.6 is 0 Å². The number of hydrogen-bond acceptors (Lipinski definition) is 3. The van der Waals surface area contributed by atoms with Gasteiger partial charge in [0.1, 0.15) is 11.9 Å². The van der Waals surface area contributed by atoms with E-state index in [1.165, 1.54) is 31.3 Å². The molecule has 1 atom stereocenters. The fourth-order valence-electron chi connectivity index (χ4n) is 1.30. The average Bonchev–Trinajstić information content (AvgIpc) is 2.25.